The highest BCUT2D eigenvalue weighted by Gasteiger charge is 2.36. The summed E-state index contributed by atoms with van der Waals surface area (Å²) in [6, 6.07) is 18.5. The van der Waals surface area contributed by atoms with Crippen molar-refractivity contribution in [3.8, 4) is 11.1 Å². The van der Waals surface area contributed by atoms with E-state index in [1.165, 1.54) is 16.7 Å². The molecule has 5 heteroatoms. The number of carbonyl (C=O) groups is 1. The fraction of sp³-hybridized carbons (Fsp3) is 0.182. The van der Waals surface area contributed by atoms with Crippen LogP contribution in [0, 0.1) is 0 Å². The highest BCUT2D eigenvalue weighted by Crippen LogP contribution is 2.49. The molecule has 2 atom stereocenters. The molecule has 134 valence electrons. The molecule has 2 aliphatic heterocycles. The largest absolute Gasteiger partial charge is 0.377 e. The number of rotatable bonds is 2. The molecule has 3 N–H and O–H groups in total. The number of pyridine rings is 1. The predicted molar refractivity (Wildman–Crippen MR) is 107 cm³/mol. The fourth-order valence-electron chi connectivity index (χ4n) is 4.23. The molecule has 1 amide bonds. The Bertz CT molecular complexity index is 1030. The molecule has 2 aromatic carbocycles. The van der Waals surface area contributed by atoms with E-state index in [0.717, 1.165) is 23.6 Å². The third-order valence-electron chi connectivity index (χ3n) is 5.54. The standard InChI is InChI=1S/C22H20N4O/c1-23-22(27)14-8-6-13(7-9-14)20-17-12-25-21-19(17)16(10-11-24-21)15-4-2-3-5-18(15)26-20/h2-11,17,20,26H,12H2,1H3,(H,23,27)(H,24,25). The third kappa shape index (κ3) is 2.46. The van der Waals surface area contributed by atoms with Gasteiger partial charge in [0.2, 0.25) is 0 Å². The Morgan fingerprint density at radius 1 is 1.07 bits per heavy atom. The summed E-state index contributed by atoms with van der Waals surface area (Å²) in [5, 5.41) is 9.89. The van der Waals surface area contributed by atoms with Gasteiger partial charge in [0.05, 0.1) is 6.04 Å². The van der Waals surface area contributed by atoms with Crippen molar-refractivity contribution >= 4 is 17.4 Å². The van der Waals surface area contributed by atoms with Crippen LogP contribution in [0.15, 0.2) is 60.8 Å². The van der Waals surface area contributed by atoms with Crippen LogP contribution in [0.2, 0.25) is 0 Å². The number of nitrogens with zero attached hydrogens (tertiary/aromatic N) is 1. The van der Waals surface area contributed by atoms with Gasteiger partial charge in [-0.05, 0) is 35.4 Å². The zero-order valence-corrected chi connectivity index (χ0v) is 15.0. The summed E-state index contributed by atoms with van der Waals surface area (Å²) in [5.74, 6) is 1.17. The van der Waals surface area contributed by atoms with Gasteiger partial charge in [0.25, 0.3) is 5.91 Å². The molecule has 3 heterocycles. The number of hydrogen-bond acceptors (Lipinski definition) is 4. The Labute approximate surface area is 157 Å². The summed E-state index contributed by atoms with van der Waals surface area (Å²) in [5.41, 5.74) is 6.67. The Morgan fingerprint density at radius 2 is 1.89 bits per heavy atom. The number of para-hydroxylation sites is 1. The van der Waals surface area contributed by atoms with Crippen molar-refractivity contribution in [2.75, 3.05) is 24.2 Å². The van der Waals surface area contributed by atoms with E-state index in [9.17, 15) is 4.79 Å². The van der Waals surface area contributed by atoms with Gasteiger partial charge in [-0.2, -0.15) is 0 Å². The van der Waals surface area contributed by atoms with Crippen molar-refractivity contribution in [2.45, 2.75) is 12.0 Å². The maximum absolute atomic E-state index is 11.9. The van der Waals surface area contributed by atoms with Crippen LogP contribution in [0.3, 0.4) is 0 Å². The molecule has 27 heavy (non-hydrogen) atoms. The Kier molecular flexibility index (Phi) is 3.60. The average Bonchev–Trinajstić information content (AvgIpc) is 3.09. The maximum atomic E-state index is 11.9. The van der Waals surface area contributed by atoms with Crippen LogP contribution in [0.25, 0.3) is 11.1 Å². The summed E-state index contributed by atoms with van der Waals surface area (Å²) in [7, 11) is 1.65. The molecule has 2 unspecified atom stereocenters. The molecule has 2 aliphatic rings. The molecule has 3 aromatic rings. The highest BCUT2D eigenvalue weighted by atomic mass is 16.1. The molecular formula is C22H20N4O. The summed E-state index contributed by atoms with van der Waals surface area (Å²) in [6.45, 7) is 0.836. The second-order valence-corrected chi connectivity index (χ2v) is 6.98. The minimum absolute atomic E-state index is 0.0694. The summed E-state index contributed by atoms with van der Waals surface area (Å²) in [4.78, 5) is 16.4. The van der Waals surface area contributed by atoms with Gasteiger partial charge in [-0.25, -0.2) is 4.98 Å². The van der Waals surface area contributed by atoms with Crippen molar-refractivity contribution in [3.05, 3.63) is 77.5 Å². The molecule has 0 fully saturated rings. The molecular weight excluding hydrogens is 336 g/mol. The Balaban J connectivity index is 1.64. The monoisotopic (exact) mass is 356 g/mol. The second kappa shape index (κ2) is 6.13. The first-order valence-corrected chi connectivity index (χ1v) is 9.17. The van der Waals surface area contributed by atoms with Crippen molar-refractivity contribution in [1.29, 1.82) is 0 Å². The molecule has 0 spiro atoms. The molecule has 5 nitrogen and oxygen atoms in total. The van der Waals surface area contributed by atoms with Crippen LogP contribution in [-0.4, -0.2) is 24.5 Å². The first-order chi connectivity index (χ1) is 13.3. The van der Waals surface area contributed by atoms with Gasteiger partial charge in [0.1, 0.15) is 5.82 Å². The number of amides is 1. The Morgan fingerprint density at radius 3 is 2.70 bits per heavy atom. The van der Waals surface area contributed by atoms with Gasteiger partial charge in [-0.3, -0.25) is 4.79 Å². The first-order valence-electron chi connectivity index (χ1n) is 9.17. The van der Waals surface area contributed by atoms with Crippen LogP contribution in [0.4, 0.5) is 11.5 Å². The fourth-order valence-corrected chi connectivity index (χ4v) is 4.23. The normalized spacial score (nSPS) is 19.1. The van der Waals surface area contributed by atoms with Crippen molar-refractivity contribution in [1.82, 2.24) is 10.3 Å². The van der Waals surface area contributed by atoms with E-state index in [1.807, 2.05) is 30.5 Å². The number of carbonyl (C=O) groups excluding carboxylic acids is 1. The molecule has 0 aliphatic carbocycles. The van der Waals surface area contributed by atoms with Crippen molar-refractivity contribution < 1.29 is 4.79 Å². The van der Waals surface area contributed by atoms with Crippen LogP contribution in [-0.2, 0) is 0 Å². The number of nitrogens with one attached hydrogen (secondary N) is 3. The summed E-state index contributed by atoms with van der Waals surface area (Å²) >= 11 is 0. The van der Waals surface area contributed by atoms with E-state index in [0.29, 0.717) is 5.56 Å². The zero-order valence-electron chi connectivity index (χ0n) is 15.0. The van der Waals surface area contributed by atoms with Gasteiger partial charge < -0.3 is 16.0 Å². The van der Waals surface area contributed by atoms with Crippen LogP contribution < -0.4 is 16.0 Å². The van der Waals surface area contributed by atoms with E-state index in [4.69, 9.17) is 0 Å². The topological polar surface area (TPSA) is 66.0 Å². The minimum Gasteiger partial charge on any atom is -0.377 e. The van der Waals surface area contributed by atoms with E-state index in [1.54, 1.807) is 7.05 Å². The maximum Gasteiger partial charge on any atom is 0.251 e. The van der Waals surface area contributed by atoms with E-state index in [-0.39, 0.29) is 17.9 Å². The Hall–Kier alpha value is -3.34. The summed E-state index contributed by atoms with van der Waals surface area (Å²) < 4.78 is 0. The molecule has 0 saturated heterocycles. The minimum atomic E-state index is -0.0694. The molecule has 0 bridgehead atoms. The van der Waals surface area contributed by atoms with Gasteiger partial charge in [-0.1, -0.05) is 30.3 Å². The molecule has 5 rings (SSSR count). The third-order valence-corrected chi connectivity index (χ3v) is 5.54. The lowest BCUT2D eigenvalue weighted by Crippen LogP contribution is -2.21. The predicted octanol–water partition coefficient (Wildman–Crippen LogP) is 3.78. The smallest absolute Gasteiger partial charge is 0.251 e. The number of fused-ring (bicyclic) bond motifs is 2. The van der Waals surface area contributed by atoms with E-state index in [2.05, 4.69) is 51.3 Å². The lowest BCUT2D eigenvalue weighted by Gasteiger charge is -2.25. The van der Waals surface area contributed by atoms with Crippen LogP contribution in [0.5, 0.6) is 0 Å². The van der Waals surface area contributed by atoms with E-state index < -0.39 is 0 Å². The van der Waals surface area contributed by atoms with Crippen molar-refractivity contribution in [2.24, 2.45) is 0 Å². The lowest BCUT2D eigenvalue weighted by molar-refractivity contribution is 0.0963. The highest BCUT2D eigenvalue weighted by molar-refractivity contribution is 5.94. The van der Waals surface area contributed by atoms with E-state index >= 15 is 0 Å². The average molecular weight is 356 g/mol. The van der Waals surface area contributed by atoms with Gasteiger partial charge in [0, 0.05) is 48.1 Å². The summed E-state index contributed by atoms with van der Waals surface area (Å²) in [6.07, 6.45) is 1.87. The molecule has 0 saturated carbocycles. The second-order valence-electron chi connectivity index (χ2n) is 6.98. The molecule has 1 aromatic heterocycles. The van der Waals surface area contributed by atoms with Crippen molar-refractivity contribution in [3.63, 3.8) is 0 Å². The number of benzene rings is 2. The van der Waals surface area contributed by atoms with Gasteiger partial charge >= 0.3 is 0 Å². The number of hydrogen-bond donors (Lipinski definition) is 3. The quantitative estimate of drug-likeness (QED) is 0.654. The lowest BCUT2D eigenvalue weighted by atomic mass is 9.87. The van der Waals surface area contributed by atoms with Gasteiger partial charge in [-0.15, -0.1) is 0 Å². The van der Waals surface area contributed by atoms with Crippen LogP contribution in [0.1, 0.15) is 33.4 Å². The number of anilines is 2. The first kappa shape index (κ1) is 15.9. The zero-order chi connectivity index (χ0) is 18.4. The number of aromatic nitrogens is 1. The van der Waals surface area contributed by atoms with Gasteiger partial charge in [0.15, 0.2) is 0 Å². The van der Waals surface area contributed by atoms with Crippen LogP contribution >= 0.6 is 0 Å². The molecule has 0 radical (unpaired) electrons. The SMILES string of the molecule is CNC(=O)c1ccc(C2Nc3ccccc3-c3ccnc4c3C2CN4)cc1.